The van der Waals surface area contributed by atoms with Crippen molar-refractivity contribution in [3.63, 3.8) is 0 Å². The fraction of sp³-hybridized carbons (Fsp3) is 0.607. The highest BCUT2D eigenvalue weighted by atomic mass is 16.5. The van der Waals surface area contributed by atoms with Crippen LogP contribution < -0.4 is 4.74 Å². The third-order valence-corrected chi connectivity index (χ3v) is 5.98. The lowest BCUT2D eigenvalue weighted by Gasteiger charge is -2.19. The minimum Gasteiger partial charge on any atom is -0.497 e. The van der Waals surface area contributed by atoms with E-state index < -0.39 is 0 Å². The van der Waals surface area contributed by atoms with Crippen LogP contribution in [0.5, 0.6) is 5.75 Å². The Bertz CT molecular complexity index is 656. The van der Waals surface area contributed by atoms with Crippen molar-refractivity contribution in [2.45, 2.75) is 79.1 Å². The van der Waals surface area contributed by atoms with Gasteiger partial charge in [0.25, 0.3) is 0 Å². The van der Waals surface area contributed by atoms with Gasteiger partial charge in [-0.2, -0.15) is 0 Å². The highest BCUT2D eigenvalue weighted by Crippen LogP contribution is 2.22. The Morgan fingerprint density at radius 1 is 0.906 bits per heavy atom. The van der Waals surface area contributed by atoms with Gasteiger partial charge in [0, 0.05) is 0 Å². The molecule has 0 aliphatic rings. The number of hydrogen-bond acceptors (Lipinski definition) is 4. The van der Waals surface area contributed by atoms with Crippen molar-refractivity contribution in [3.05, 3.63) is 47.7 Å². The van der Waals surface area contributed by atoms with Gasteiger partial charge in [0.1, 0.15) is 17.1 Å². The van der Waals surface area contributed by atoms with Gasteiger partial charge in [0.05, 0.1) is 20.3 Å². The highest BCUT2D eigenvalue weighted by Gasteiger charge is 2.19. The number of ether oxygens (including phenoxy) is 3. The summed E-state index contributed by atoms with van der Waals surface area (Å²) in [5.41, 5.74) is 1.25. The molecule has 0 amide bonds. The van der Waals surface area contributed by atoms with Gasteiger partial charge in [-0.05, 0) is 48.4 Å². The molecule has 1 aromatic carbocycles. The standard InChI is InChI=1S/C28H44O4/c1-7-11-13-23(9-3)20-31-22(5)27(19-25-15-17-26(30-6)18-16-25)28(29)32-21-24(10-4)14-12-8-2/h15-19,23-24H,5,7-14,20-21H2,1-4,6H3/b27-19-. The van der Waals surface area contributed by atoms with E-state index in [2.05, 4.69) is 34.3 Å². The first-order valence-electron chi connectivity index (χ1n) is 12.3. The Morgan fingerprint density at radius 2 is 1.44 bits per heavy atom. The lowest BCUT2D eigenvalue weighted by atomic mass is 10.0. The lowest BCUT2D eigenvalue weighted by Crippen LogP contribution is -2.18. The largest absolute Gasteiger partial charge is 0.497 e. The molecule has 0 saturated heterocycles. The summed E-state index contributed by atoms with van der Waals surface area (Å²) in [6, 6.07) is 7.55. The Morgan fingerprint density at radius 3 is 1.91 bits per heavy atom. The second-order valence-electron chi connectivity index (χ2n) is 8.50. The van der Waals surface area contributed by atoms with Crippen LogP contribution >= 0.6 is 0 Å². The number of methoxy groups -OCH3 is 1. The SMILES string of the molecule is C=C(OCC(CC)CCCC)/C(=C/c1ccc(OC)cc1)C(=O)OCC(CC)CCCC. The zero-order valence-corrected chi connectivity index (χ0v) is 21.0. The molecule has 4 nitrogen and oxygen atoms in total. The predicted octanol–water partition coefficient (Wildman–Crippen LogP) is 7.58. The maximum absolute atomic E-state index is 13.0. The van der Waals surface area contributed by atoms with E-state index in [0.717, 1.165) is 49.8 Å². The van der Waals surface area contributed by atoms with Crippen LogP contribution in [0, 0.1) is 11.8 Å². The molecular formula is C28H44O4. The van der Waals surface area contributed by atoms with Gasteiger partial charge >= 0.3 is 5.97 Å². The van der Waals surface area contributed by atoms with Gasteiger partial charge in [-0.3, -0.25) is 0 Å². The summed E-state index contributed by atoms with van der Waals surface area (Å²) < 4.78 is 17.0. The molecule has 4 heteroatoms. The summed E-state index contributed by atoms with van der Waals surface area (Å²) in [5.74, 6) is 1.62. The van der Waals surface area contributed by atoms with Crippen molar-refractivity contribution in [1.29, 1.82) is 0 Å². The first-order chi connectivity index (χ1) is 15.5. The number of esters is 1. The second-order valence-corrected chi connectivity index (χ2v) is 8.50. The first-order valence-corrected chi connectivity index (χ1v) is 12.3. The molecule has 0 saturated carbocycles. The Hall–Kier alpha value is -2.23. The van der Waals surface area contributed by atoms with Crippen LogP contribution in [0.4, 0.5) is 0 Å². The number of unbranched alkanes of at least 4 members (excludes halogenated alkanes) is 2. The molecule has 0 aromatic heterocycles. The number of carbonyl (C=O) groups excluding carboxylic acids is 1. The zero-order chi connectivity index (χ0) is 23.8. The van der Waals surface area contributed by atoms with E-state index >= 15 is 0 Å². The van der Waals surface area contributed by atoms with Crippen LogP contribution in [0.2, 0.25) is 0 Å². The molecule has 0 aliphatic carbocycles. The number of hydrogen-bond donors (Lipinski definition) is 0. The second kappa shape index (κ2) is 16.4. The number of carbonyl (C=O) groups is 1. The van der Waals surface area contributed by atoms with E-state index in [0.29, 0.717) is 36.4 Å². The zero-order valence-electron chi connectivity index (χ0n) is 21.0. The molecule has 0 N–H and O–H groups in total. The van der Waals surface area contributed by atoms with E-state index in [4.69, 9.17) is 14.2 Å². The van der Waals surface area contributed by atoms with Crippen LogP contribution in [0.15, 0.2) is 42.2 Å². The van der Waals surface area contributed by atoms with E-state index in [9.17, 15) is 4.79 Å². The molecule has 1 rings (SSSR count). The third kappa shape index (κ3) is 10.4. The molecule has 180 valence electrons. The lowest BCUT2D eigenvalue weighted by molar-refractivity contribution is -0.140. The minimum atomic E-state index is -0.373. The molecule has 0 fully saturated rings. The first kappa shape index (κ1) is 27.8. The summed E-state index contributed by atoms with van der Waals surface area (Å²) in [5, 5.41) is 0. The molecule has 0 aliphatic heterocycles. The molecule has 0 heterocycles. The fourth-order valence-corrected chi connectivity index (χ4v) is 3.48. The summed E-state index contributed by atoms with van der Waals surface area (Å²) in [6.07, 6.45) is 10.7. The summed E-state index contributed by atoms with van der Waals surface area (Å²) in [6.45, 7) is 13.8. The number of benzene rings is 1. The van der Waals surface area contributed by atoms with Crippen LogP contribution in [0.1, 0.15) is 84.6 Å². The molecule has 2 atom stereocenters. The van der Waals surface area contributed by atoms with Gasteiger partial charge < -0.3 is 14.2 Å². The molecule has 0 bridgehead atoms. The van der Waals surface area contributed by atoms with Gasteiger partial charge in [0.2, 0.25) is 0 Å². The van der Waals surface area contributed by atoms with E-state index in [1.165, 1.54) is 12.8 Å². The normalized spacial score (nSPS) is 13.3. The van der Waals surface area contributed by atoms with Crippen molar-refractivity contribution < 1.29 is 19.0 Å². The van der Waals surface area contributed by atoms with Gasteiger partial charge in [-0.1, -0.05) is 84.9 Å². The van der Waals surface area contributed by atoms with Crippen molar-refractivity contribution in [2.24, 2.45) is 11.8 Å². The fourth-order valence-electron chi connectivity index (χ4n) is 3.48. The van der Waals surface area contributed by atoms with E-state index in [1.54, 1.807) is 13.2 Å². The smallest absolute Gasteiger partial charge is 0.341 e. The average Bonchev–Trinajstić information content (AvgIpc) is 2.82. The molecule has 2 unspecified atom stereocenters. The maximum Gasteiger partial charge on any atom is 0.341 e. The summed E-state index contributed by atoms with van der Waals surface area (Å²) in [7, 11) is 1.63. The summed E-state index contributed by atoms with van der Waals surface area (Å²) >= 11 is 0. The van der Waals surface area contributed by atoms with Crippen LogP contribution in [-0.2, 0) is 14.3 Å². The quantitative estimate of drug-likeness (QED) is 0.107. The monoisotopic (exact) mass is 444 g/mol. The molecule has 0 spiro atoms. The Labute approximate surface area is 196 Å². The van der Waals surface area contributed by atoms with Crippen molar-refractivity contribution in [2.75, 3.05) is 20.3 Å². The van der Waals surface area contributed by atoms with Crippen LogP contribution in [-0.4, -0.2) is 26.3 Å². The molecule has 32 heavy (non-hydrogen) atoms. The molecule has 1 aromatic rings. The third-order valence-electron chi connectivity index (χ3n) is 5.98. The Kier molecular flexibility index (Phi) is 14.3. The van der Waals surface area contributed by atoms with Crippen molar-refractivity contribution in [3.8, 4) is 5.75 Å². The predicted molar refractivity (Wildman–Crippen MR) is 134 cm³/mol. The van der Waals surface area contributed by atoms with Gasteiger partial charge in [-0.25, -0.2) is 4.79 Å². The van der Waals surface area contributed by atoms with Crippen LogP contribution in [0.25, 0.3) is 6.08 Å². The van der Waals surface area contributed by atoms with Crippen molar-refractivity contribution >= 4 is 12.0 Å². The Balaban J connectivity index is 2.94. The van der Waals surface area contributed by atoms with E-state index in [-0.39, 0.29) is 5.97 Å². The highest BCUT2D eigenvalue weighted by molar-refractivity contribution is 5.97. The van der Waals surface area contributed by atoms with Crippen molar-refractivity contribution in [1.82, 2.24) is 0 Å². The van der Waals surface area contributed by atoms with E-state index in [1.807, 2.05) is 24.3 Å². The average molecular weight is 445 g/mol. The molecule has 0 radical (unpaired) electrons. The van der Waals surface area contributed by atoms with Gasteiger partial charge in [-0.15, -0.1) is 0 Å². The van der Waals surface area contributed by atoms with Crippen LogP contribution in [0.3, 0.4) is 0 Å². The maximum atomic E-state index is 13.0. The number of rotatable bonds is 17. The minimum absolute atomic E-state index is 0.373. The molecular weight excluding hydrogens is 400 g/mol. The topological polar surface area (TPSA) is 44.8 Å². The van der Waals surface area contributed by atoms with Gasteiger partial charge in [0.15, 0.2) is 0 Å². The summed E-state index contributed by atoms with van der Waals surface area (Å²) in [4.78, 5) is 13.0.